The van der Waals surface area contributed by atoms with Gasteiger partial charge in [-0.1, -0.05) is 61.5 Å². The fraction of sp³-hybridized carbons (Fsp3) is 0.294. The number of benzene rings is 4. The van der Waals surface area contributed by atoms with Crippen LogP contribution in [0.15, 0.2) is 89.8 Å². The van der Waals surface area contributed by atoms with Crippen LogP contribution in [0.1, 0.15) is 29.8 Å². The number of para-hydroxylation sites is 1. The van der Waals surface area contributed by atoms with Crippen molar-refractivity contribution >= 4 is 44.1 Å². The number of anilines is 2. The third-order valence-corrected chi connectivity index (χ3v) is 9.93. The van der Waals surface area contributed by atoms with Gasteiger partial charge in [0.15, 0.2) is 5.75 Å². The van der Waals surface area contributed by atoms with Gasteiger partial charge in [0, 0.05) is 24.9 Å². The number of aliphatic hydroxyl groups excluding tert-OH is 1. The Bertz CT molecular complexity index is 1820. The number of fused-ring (bicyclic) bond motifs is 2. The van der Waals surface area contributed by atoms with Crippen LogP contribution < -0.4 is 15.4 Å². The number of nitrogens with zero attached hydrogens (tertiary/aromatic N) is 2. The van der Waals surface area contributed by atoms with E-state index in [1.165, 1.54) is 11.4 Å². The second kappa shape index (κ2) is 13.3. The summed E-state index contributed by atoms with van der Waals surface area (Å²) >= 11 is 0. The number of likely N-dealkylation sites (N-methyl/N-ethyl adjacent to an activating group) is 1. The zero-order chi connectivity index (χ0) is 32.3. The zero-order valence-corrected chi connectivity index (χ0v) is 26.5. The Balaban J connectivity index is 1.48. The number of amides is 3. The average molecular weight is 631 g/mol. The monoisotopic (exact) mass is 630 g/mol. The molecule has 10 nitrogen and oxygen atoms in total. The quantitative estimate of drug-likeness (QED) is 0.241. The maximum absolute atomic E-state index is 13.8. The van der Waals surface area contributed by atoms with Gasteiger partial charge in [-0.2, -0.15) is 4.31 Å². The summed E-state index contributed by atoms with van der Waals surface area (Å²) in [6.07, 6.45) is -0.709. The molecule has 1 aliphatic rings. The van der Waals surface area contributed by atoms with Crippen LogP contribution >= 0.6 is 0 Å². The van der Waals surface area contributed by atoms with E-state index in [4.69, 9.17) is 4.74 Å². The predicted molar refractivity (Wildman–Crippen MR) is 175 cm³/mol. The van der Waals surface area contributed by atoms with Crippen molar-refractivity contribution in [2.45, 2.75) is 37.8 Å². The Morgan fingerprint density at radius 2 is 1.69 bits per heavy atom. The van der Waals surface area contributed by atoms with E-state index in [1.54, 1.807) is 54.3 Å². The molecule has 5 rings (SSSR count). The normalized spacial score (nSPS) is 17.6. The van der Waals surface area contributed by atoms with Crippen molar-refractivity contribution in [2.24, 2.45) is 5.92 Å². The summed E-state index contributed by atoms with van der Waals surface area (Å²) in [5.74, 6) is -0.580. The molecule has 11 heteroatoms. The third-order valence-electron chi connectivity index (χ3n) is 8.11. The van der Waals surface area contributed by atoms with E-state index < -0.39 is 28.2 Å². The highest BCUT2D eigenvalue weighted by atomic mass is 32.2. The second-order valence-electron chi connectivity index (χ2n) is 11.5. The number of rotatable bonds is 8. The molecule has 0 fully saturated rings. The van der Waals surface area contributed by atoms with E-state index in [0.29, 0.717) is 5.69 Å². The molecule has 236 valence electrons. The van der Waals surface area contributed by atoms with Gasteiger partial charge in [0.25, 0.3) is 5.91 Å². The molecule has 0 bridgehead atoms. The number of hydrogen-bond donors (Lipinski definition) is 3. The smallest absolute Gasteiger partial charge is 0.323 e. The van der Waals surface area contributed by atoms with E-state index in [-0.39, 0.29) is 53.4 Å². The van der Waals surface area contributed by atoms with Gasteiger partial charge < -0.3 is 25.4 Å². The lowest BCUT2D eigenvalue weighted by atomic mass is 9.99. The van der Waals surface area contributed by atoms with Crippen molar-refractivity contribution in [2.75, 3.05) is 37.4 Å². The lowest BCUT2D eigenvalue weighted by Crippen LogP contribution is -2.50. The summed E-state index contributed by atoms with van der Waals surface area (Å²) in [7, 11) is -2.36. The molecule has 45 heavy (non-hydrogen) atoms. The molecule has 0 aliphatic carbocycles. The van der Waals surface area contributed by atoms with E-state index in [9.17, 15) is 23.1 Å². The topological polar surface area (TPSA) is 128 Å². The lowest BCUT2D eigenvalue weighted by molar-refractivity contribution is 0.0389. The Labute approximate surface area is 263 Å². The molecule has 0 radical (unpaired) electrons. The van der Waals surface area contributed by atoms with Crippen molar-refractivity contribution < 1.29 is 27.9 Å². The van der Waals surface area contributed by atoms with Crippen LogP contribution in [0.25, 0.3) is 10.8 Å². The first-order chi connectivity index (χ1) is 21.5. The standard InChI is InChI=1S/C34H38N4O6S/c1-22-10-7-13-26(18-22)45(42,43)37(4)20-31-23(2)19-38(24(3)21-39)33(40)28-15-9-17-30(32(28)44-31)36-34(41)35-29-16-8-12-25-11-5-6-14-27(25)29/h5-18,23-24,31,39H,19-21H2,1-4H3,(H2,35,36,41)/t23-,24+,31+/m1/s1. The molecular weight excluding hydrogens is 592 g/mol. The minimum Gasteiger partial charge on any atom is -0.486 e. The van der Waals surface area contributed by atoms with Crippen LogP contribution in [-0.4, -0.2) is 73.6 Å². The van der Waals surface area contributed by atoms with Gasteiger partial charge in [-0.15, -0.1) is 0 Å². The Morgan fingerprint density at radius 3 is 2.44 bits per heavy atom. The first-order valence-corrected chi connectivity index (χ1v) is 16.2. The number of urea groups is 1. The van der Waals surface area contributed by atoms with Gasteiger partial charge in [0.2, 0.25) is 10.0 Å². The molecule has 1 aliphatic heterocycles. The number of hydrogen-bond acceptors (Lipinski definition) is 6. The first kappa shape index (κ1) is 32.0. The van der Waals surface area contributed by atoms with Gasteiger partial charge >= 0.3 is 6.03 Å². The molecular formula is C34H38N4O6S. The summed E-state index contributed by atoms with van der Waals surface area (Å²) < 4.78 is 34.8. The van der Waals surface area contributed by atoms with Crippen LogP contribution in [0.2, 0.25) is 0 Å². The lowest BCUT2D eigenvalue weighted by Gasteiger charge is -2.38. The average Bonchev–Trinajstić information content (AvgIpc) is 3.02. The number of aryl methyl sites for hydroxylation is 1. The number of nitrogens with one attached hydrogen (secondary N) is 2. The van der Waals surface area contributed by atoms with Crippen molar-refractivity contribution in [3.05, 3.63) is 96.1 Å². The van der Waals surface area contributed by atoms with Crippen LogP contribution in [-0.2, 0) is 10.0 Å². The molecule has 0 aromatic heterocycles. The van der Waals surface area contributed by atoms with Crippen LogP contribution in [0.4, 0.5) is 16.2 Å². The molecule has 0 saturated carbocycles. The van der Waals surface area contributed by atoms with E-state index >= 15 is 0 Å². The van der Waals surface area contributed by atoms with Gasteiger partial charge in [-0.25, -0.2) is 13.2 Å². The molecule has 0 saturated heterocycles. The van der Waals surface area contributed by atoms with E-state index in [0.717, 1.165) is 16.3 Å². The summed E-state index contributed by atoms with van der Waals surface area (Å²) in [6, 6.07) is 23.8. The van der Waals surface area contributed by atoms with Crippen LogP contribution in [0.3, 0.4) is 0 Å². The Morgan fingerprint density at radius 1 is 1.02 bits per heavy atom. The van der Waals surface area contributed by atoms with Crippen molar-refractivity contribution in [1.82, 2.24) is 9.21 Å². The largest absolute Gasteiger partial charge is 0.486 e. The molecule has 1 heterocycles. The SMILES string of the molecule is Cc1cccc(S(=O)(=O)N(C)C[C@@H]2Oc3c(NC(=O)Nc4cccc5ccccc45)cccc3C(=O)N([C@@H](C)CO)C[C@H]2C)c1. The van der Waals surface area contributed by atoms with E-state index in [2.05, 4.69) is 10.6 Å². The maximum Gasteiger partial charge on any atom is 0.323 e. The Kier molecular flexibility index (Phi) is 9.42. The Hall–Kier alpha value is -4.45. The van der Waals surface area contributed by atoms with Crippen molar-refractivity contribution in [1.29, 1.82) is 0 Å². The van der Waals surface area contributed by atoms with Crippen LogP contribution in [0.5, 0.6) is 5.75 Å². The zero-order valence-electron chi connectivity index (χ0n) is 25.7. The van der Waals surface area contributed by atoms with Gasteiger partial charge in [-0.3, -0.25) is 4.79 Å². The van der Waals surface area contributed by atoms with Crippen molar-refractivity contribution in [3.8, 4) is 5.75 Å². The number of ether oxygens (including phenoxy) is 1. The molecule has 0 spiro atoms. The molecule has 3 amide bonds. The molecule has 4 aromatic carbocycles. The summed E-state index contributed by atoms with van der Waals surface area (Å²) in [4.78, 5) is 28.9. The highest BCUT2D eigenvalue weighted by molar-refractivity contribution is 7.89. The fourth-order valence-corrected chi connectivity index (χ4v) is 6.77. The van der Waals surface area contributed by atoms with Crippen molar-refractivity contribution in [3.63, 3.8) is 0 Å². The second-order valence-corrected chi connectivity index (χ2v) is 13.6. The maximum atomic E-state index is 13.8. The van der Waals surface area contributed by atoms with Gasteiger partial charge in [-0.05, 0) is 55.1 Å². The molecule has 4 aromatic rings. The number of aliphatic hydroxyl groups is 1. The van der Waals surface area contributed by atoms with Crippen LogP contribution in [0, 0.1) is 12.8 Å². The van der Waals surface area contributed by atoms with Gasteiger partial charge in [0.1, 0.15) is 6.10 Å². The fourth-order valence-electron chi connectivity index (χ4n) is 5.48. The first-order valence-electron chi connectivity index (χ1n) is 14.8. The number of carbonyl (C=O) groups is 2. The number of carbonyl (C=O) groups excluding carboxylic acids is 2. The molecule has 0 unspecified atom stereocenters. The molecule has 3 N–H and O–H groups in total. The third kappa shape index (κ3) is 6.80. The highest BCUT2D eigenvalue weighted by Crippen LogP contribution is 2.35. The van der Waals surface area contributed by atoms with E-state index in [1.807, 2.05) is 56.3 Å². The predicted octanol–water partition coefficient (Wildman–Crippen LogP) is 5.33. The summed E-state index contributed by atoms with van der Waals surface area (Å²) in [6.45, 7) is 5.39. The number of sulfonamides is 1. The van der Waals surface area contributed by atoms with Gasteiger partial charge in [0.05, 0.1) is 41.0 Å². The minimum absolute atomic E-state index is 0.0248. The highest BCUT2D eigenvalue weighted by Gasteiger charge is 2.36. The minimum atomic E-state index is -3.86. The summed E-state index contributed by atoms with van der Waals surface area (Å²) in [5, 5.41) is 17.5. The molecule has 3 atom stereocenters. The summed E-state index contributed by atoms with van der Waals surface area (Å²) in [5.41, 5.74) is 1.87.